The van der Waals surface area contributed by atoms with Gasteiger partial charge in [-0.25, -0.2) is 9.07 Å². The summed E-state index contributed by atoms with van der Waals surface area (Å²) in [5.74, 6) is 0.313. The zero-order chi connectivity index (χ0) is 13.5. The summed E-state index contributed by atoms with van der Waals surface area (Å²) in [5.41, 5.74) is 8.46. The van der Waals surface area contributed by atoms with Gasteiger partial charge in [0.15, 0.2) is 0 Å². The molecule has 0 aliphatic rings. The van der Waals surface area contributed by atoms with E-state index < -0.39 is 0 Å². The third-order valence-electron chi connectivity index (χ3n) is 2.89. The number of nitrogen functional groups attached to an aromatic ring is 1. The normalized spacial score (nSPS) is 11.8. The van der Waals surface area contributed by atoms with Crippen molar-refractivity contribution in [1.29, 1.82) is 0 Å². The molecule has 1 heterocycles. The molecule has 2 rings (SSSR count). The first kappa shape index (κ1) is 12.6. The van der Waals surface area contributed by atoms with Crippen molar-refractivity contribution in [2.24, 2.45) is 0 Å². The fourth-order valence-electron chi connectivity index (χ4n) is 1.81. The predicted octanol–water partition coefficient (Wildman–Crippen LogP) is 3.20. The van der Waals surface area contributed by atoms with E-state index in [2.05, 4.69) is 25.9 Å². The van der Waals surface area contributed by atoms with Crippen molar-refractivity contribution in [3.63, 3.8) is 0 Å². The lowest BCUT2D eigenvalue weighted by molar-refractivity contribution is 0.560. The first-order chi connectivity index (χ1) is 8.29. The van der Waals surface area contributed by atoms with Gasteiger partial charge in [0, 0.05) is 11.5 Å². The molecule has 0 amide bonds. The summed E-state index contributed by atoms with van der Waals surface area (Å²) >= 11 is 0. The Morgan fingerprint density at radius 3 is 2.39 bits per heavy atom. The Hall–Kier alpha value is -1.84. The second-order valence-corrected chi connectivity index (χ2v) is 5.55. The van der Waals surface area contributed by atoms with E-state index in [4.69, 9.17) is 5.73 Å². The zero-order valence-corrected chi connectivity index (χ0v) is 11.2. The van der Waals surface area contributed by atoms with Crippen LogP contribution in [0.1, 0.15) is 32.0 Å². The lowest BCUT2D eigenvalue weighted by Gasteiger charge is -2.14. The molecule has 2 aromatic rings. The van der Waals surface area contributed by atoms with Crippen molar-refractivity contribution in [2.75, 3.05) is 5.73 Å². The van der Waals surface area contributed by atoms with Crippen molar-refractivity contribution >= 4 is 5.82 Å². The van der Waals surface area contributed by atoms with Crippen LogP contribution in [0.5, 0.6) is 0 Å². The van der Waals surface area contributed by atoms with Gasteiger partial charge in [-0.15, -0.1) is 0 Å². The quantitative estimate of drug-likeness (QED) is 0.841. The maximum Gasteiger partial charge on any atom is 0.127 e. The first-order valence-corrected chi connectivity index (χ1v) is 5.91. The summed E-state index contributed by atoms with van der Waals surface area (Å²) in [6.07, 6.45) is 0. The van der Waals surface area contributed by atoms with Gasteiger partial charge in [0.25, 0.3) is 0 Å². The summed E-state index contributed by atoms with van der Waals surface area (Å²) in [6, 6.07) is 6.46. The Morgan fingerprint density at radius 1 is 1.22 bits per heavy atom. The highest BCUT2D eigenvalue weighted by atomic mass is 19.1. The smallest absolute Gasteiger partial charge is 0.127 e. The van der Waals surface area contributed by atoms with Gasteiger partial charge < -0.3 is 5.73 Å². The molecule has 1 aromatic carbocycles. The van der Waals surface area contributed by atoms with E-state index in [1.807, 2.05) is 13.0 Å². The number of anilines is 1. The fourth-order valence-corrected chi connectivity index (χ4v) is 1.81. The van der Waals surface area contributed by atoms with E-state index in [-0.39, 0.29) is 11.2 Å². The monoisotopic (exact) mass is 247 g/mol. The first-order valence-electron chi connectivity index (χ1n) is 5.91. The van der Waals surface area contributed by atoms with Crippen LogP contribution in [0.25, 0.3) is 5.69 Å². The molecule has 0 bridgehead atoms. The number of halogens is 1. The molecule has 0 aliphatic carbocycles. The number of nitrogens with zero attached hydrogens (tertiary/aromatic N) is 2. The van der Waals surface area contributed by atoms with Crippen molar-refractivity contribution in [3.05, 3.63) is 41.3 Å². The average molecular weight is 247 g/mol. The van der Waals surface area contributed by atoms with Gasteiger partial charge >= 0.3 is 0 Å². The second-order valence-electron chi connectivity index (χ2n) is 5.55. The molecule has 1 aromatic heterocycles. The number of nitrogens with two attached hydrogens (primary N) is 1. The molecule has 0 radical (unpaired) electrons. The minimum atomic E-state index is -0.252. The van der Waals surface area contributed by atoms with Crippen LogP contribution in [-0.2, 0) is 5.41 Å². The van der Waals surface area contributed by atoms with Crippen LogP contribution in [0.15, 0.2) is 24.3 Å². The van der Waals surface area contributed by atoms with Gasteiger partial charge in [-0.3, -0.25) is 0 Å². The summed E-state index contributed by atoms with van der Waals surface area (Å²) in [7, 11) is 0. The highest BCUT2D eigenvalue weighted by molar-refractivity contribution is 5.48. The third-order valence-corrected chi connectivity index (χ3v) is 2.89. The number of aryl methyl sites for hydroxylation is 1. The van der Waals surface area contributed by atoms with Crippen LogP contribution < -0.4 is 5.73 Å². The Bertz CT molecular complexity index is 579. The van der Waals surface area contributed by atoms with Crippen LogP contribution in [0, 0.1) is 12.7 Å². The van der Waals surface area contributed by atoms with E-state index in [1.165, 1.54) is 12.1 Å². The summed E-state index contributed by atoms with van der Waals surface area (Å²) in [5, 5.41) is 4.51. The average Bonchev–Trinajstić information content (AvgIpc) is 2.60. The van der Waals surface area contributed by atoms with Crippen molar-refractivity contribution in [2.45, 2.75) is 33.1 Å². The van der Waals surface area contributed by atoms with Crippen molar-refractivity contribution in [3.8, 4) is 5.69 Å². The van der Waals surface area contributed by atoms with E-state index in [1.54, 1.807) is 10.7 Å². The summed E-state index contributed by atoms with van der Waals surface area (Å²) in [6.45, 7) is 8.08. The lowest BCUT2D eigenvalue weighted by atomic mass is 9.92. The van der Waals surface area contributed by atoms with Crippen LogP contribution in [-0.4, -0.2) is 9.78 Å². The number of aromatic nitrogens is 2. The van der Waals surface area contributed by atoms with Gasteiger partial charge in [-0.2, -0.15) is 5.10 Å². The van der Waals surface area contributed by atoms with Gasteiger partial charge in [0.05, 0.1) is 11.4 Å². The molecular formula is C14H18FN3. The molecule has 0 aliphatic heterocycles. The van der Waals surface area contributed by atoms with Crippen LogP contribution in [0.2, 0.25) is 0 Å². The minimum absolute atomic E-state index is 0.0622. The second kappa shape index (κ2) is 4.12. The molecule has 0 fully saturated rings. The Labute approximate surface area is 106 Å². The minimum Gasteiger partial charge on any atom is -0.384 e. The molecule has 2 N–H and O–H groups in total. The third kappa shape index (κ3) is 2.23. The van der Waals surface area contributed by atoms with Crippen molar-refractivity contribution in [1.82, 2.24) is 9.78 Å². The largest absolute Gasteiger partial charge is 0.384 e. The van der Waals surface area contributed by atoms with Gasteiger partial charge in [-0.1, -0.05) is 20.8 Å². The molecule has 0 spiro atoms. The van der Waals surface area contributed by atoms with Crippen LogP contribution in [0.4, 0.5) is 10.2 Å². The van der Waals surface area contributed by atoms with E-state index in [0.29, 0.717) is 5.82 Å². The Kier molecular flexibility index (Phi) is 2.89. The van der Waals surface area contributed by atoms with Gasteiger partial charge in [-0.05, 0) is 30.7 Å². The molecular weight excluding hydrogens is 229 g/mol. The highest BCUT2D eigenvalue weighted by Gasteiger charge is 2.19. The number of rotatable bonds is 1. The van der Waals surface area contributed by atoms with Gasteiger partial charge in [0.1, 0.15) is 11.6 Å². The molecule has 0 unspecified atom stereocenters. The molecule has 4 heteroatoms. The lowest BCUT2D eigenvalue weighted by Crippen LogP contribution is -2.13. The maximum atomic E-state index is 13.1. The molecule has 0 saturated heterocycles. The van der Waals surface area contributed by atoms with E-state index >= 15 is 0 Å². The standard InChI is InChI=1S/C14H18FN3/c1-9-7-10(15)5-6-11(9)18-13(16)8-12(17-18)14(2,3)4/h5-8H,16H2,1-4H3. The molecule has 0 atom stereocenters. The molecule has 3 nitrogen and oxygen atoms in total. The molecule has 96 valence electrons. The van der Waals surface area contributed by atoms with Crippen molar-refractivity contribution < 1.29 is 4.39 Å². The Morgan fingerprint density at radius 2 is 1.89 bits per heavy atom. The topological polar surface area (TPSA) is 43.8 Å². The predicted molar refractivity (Wildman–Crippen MR) is 71.4 cm³/mol. The maximum absolute atomic E-state index is 13.1. The SMILES string of the molecule is Cc1cc(F)ccc1-n1nc(C(C)(C)C)cc1N. The zero-order valence-electron chi connectivity index (χ0n) is 11.2. The number of hydrogen-bond donors (Lipinski definition) is 1. The number of hydrogen-bond acceptors (Lipinski definition) is 2. The number of benzene rings is 1. The van der Waals surface area contributed by atoms with Crippen LogP contribution in [0.3, 0.4) is 0 Å². The van der Waals surface area contributed by atoms with Crippen LogP contribution >= 0.6 is 0 Å². The Balaban J connectivity index is 2.55. The fraction of sp³-hybridized carbons (Fsp3) is 0.357. The highest BCUT2D eigenvalue weighted by Crippen LogP contribution is 2.25. The summed E-state index contributed by atoms with van der Waals surface area (Å²) < 4.78 is 14.8. The van der Waals surface area contributed by atoms with E-state index in [0.717, 1.165) is 16.9 Å². The van der Waals surface area contributed by atoms with Gasteiger partial charge in [0.2, 0.25) is 0 Å². The molecule has 18 heavy (non-hydrogen) atoms. The molecule has 0 saturated carbocycles. The summed E-state index contributed by atoms with van der Waals surface area (Å²) in [4.78, 5) is 0. The van der Waals surface area contributed by atoms with E-state index in [9.17, 15) is 4.39 Å².